The number of methoxy groups -OCH3 is 1. The molecule has 0 saturated carbocycles. The SMILES string of the molecule is COc1ccc(-c2c[nH]c3c(-c4ccsc4)ccc(C)c3c2=O)cc1. The lowest BCUT2D eigenvalue weighted by Gasteiger charge is -2.10. The number of ether oxygens (including phenoxy) is 1. The van der Waals surface area contributed by atoms with Gasteiger partial charge in [-0.2, -0.15) is 11.3 Å². The highest BCUT2D eigenvalue weighted by molar-refractivity contribution is 7.08. The summed E-state index contributed by atoms with van der Waals surface area (Å²) in [6.07, 6.45) is 1.81. The Bertz CT molecular complexity index is 1090. The summed E-state index contributed by atoms with van der Waals surface area (Å²) in [5.74, 6) is 0.775. The van der Waals surface area contributed by atoms with E-state index in [-0.39, 0.29) is 5.43 Å². The molecular weight excluding hydrogens is 330 g/mol. The first kappa shape index (κ1) is 15.7. The lowest BCUT2D eigenvalue weighted by molar-refractivity contribution is 0.415. The third-order valence-corrected chi connectivity index (χ3v) is 5.16. The summed E-state index contributed by atoms with van der Waals surface area (Å²) in [6, 6.07) is 13.7. The number of aryl methyl sites for hydroxylation is 1. The summed E-state index contributed by atoms with van der Waals surface area (Å²) in [5, 5.41) is 4.89. The van der Waals surface area contributed by atoms with Gasteiger partial charge in [-0.15, -0.1) is 0 Å². The monoisotopic (exact) mass is 347 g/mol. The number of H-pyrrole nitrogens is 1. The minimum absolute atomic E-state index is 0.0495. The fourth-order valence-electron chi connectivity index (χ4n) is 3.14. The molecule has 3 nitrogen and oxygen atoms in total. The van der Waals surface area contributed by atoms with Gasteiger partial charge in [0.05, 0.1) is 12.6 Å². The Labute approximate surface area is 149 Å². The predicted molar refractivity (Wildman–Crippen MR) is 105 cm³/mol. The Morgan fingerprint density at radius 1 is 0.960 bits per heavy atom. The maximum atomic E-state index is 13.2. The van der Waals surface area contributed by atoms with E-state index in [1.807, 2.05) is 48.8 Å². The molecule has 2 heterocycles. The number of rotatable bonds is 3. The first-order valence-corrected chi connectivity index (χ1v) is 8.95. The summed E-state index contributed by atoms with van der Waals surface area (Å²) in [5.41, 5.74) is 5.65. The molecule has 0 aliphatic heterocycles. The van der Waals surface area contributed by atoms with Crippen molar-refractivity contribution in [2.45, 2.75) is 6.92 Å². The molecule has 25 heavy (non-hydrogen) atoms. The minimum Gasteiger partial charge on any atom is -0.497 e. The lowest BCUT2D eigenvalue weighted by Crippen LogP contribution is -2.08. The number of benzene rings is 2. The molecule has 0 fully saturated rings. The summed E-state index contributed by atoms with van der Waals surface area (Å²) < 4.78 is 5.20. The van der Waals surface area contributed by atoms with Crippen LogP contribution < -0.4 is 10.2 Å². The second kappa shape index (κ2) is 6.22. The molecule has 4 rings (SSSR count). The van der Waals surface area contributed by atoms with Gasteiger partial charge in [0.1, 0.15) is 5.75 Å². The van der Waals surface area contributed by atoms with Crippen LogP contribution in [0.3, 0.4) is 0 Å². The number of pyridine rings is 1. The van der Waals surface area contributed by atoms with Crippen LogP contribution in [0.5, 0.6) is 5.75 Å². The number of thiophene rings is 1. The van der Waals surface area contributed by atoms with Gasteiger partial charge in [0.2, 0.25) is 0 Å². The van der Waals surface area contributed by atoms with Crippen LogP contribution in [0.1, 0.15) is 5.56 Å². The zero-order chi connectivity index (χ0) is 17.4. The number of aromatic nitrogens is 1. The van der Waals surface area contributed by atoms with Crippen molar-refractivity contribution in [3.8, 4) is 28.0 Å². The van der Waals surface area contributed by atoms with Crippen molar-refractivity contribution in [2.75, 3.05) is 7.11 Å². The molecule has 2 aromatic carbocycles. The van der Waals surface area contributed by atoms with Crippen molar-refractivity contribution in [1.29, 1.82) is 0 Å². The maximum Gasteiger partial charge on any atom is 0.197 e. The van der Waals surface area contributed by atoms with Crippen LogP contribution in [0.15, 0.2) is 64.2 Å². The van der Waals surface area contributed by atoms with E-state index in [9.17, 15) is 4.79 Å². The van der Waals surface area contributed by atoms with Gasteiger partial charge in [0, 0.05) is 22.7 Å². The zero-order valence-corrected chi connectivity index (χ0v) is 14.8. The standard InChI is InChI=1S/C21H17NO2S/c1-13-3-8-17(15-9-10-25-12-15)20-19(13)21(23)18(11-22-20)14-4-6-16(24-2)7-5-14/h3-12H,1-2H3,(H,22,23). The van der Waals surface area contributed by atoms with E-state index < -0.39 is 0 Å². The third kappa shape index (κ3) is 2.65. The van der Waals surface area contributed by atoms with E-state index in [0.29, 0.717) is 5.56 Å². The molecule has 0 atom stereocenters. The van der Waals surface area contributed by atoms with Crippen molar-refractivity contribution in [3.05, 3.63) is 75.2 Å². The molecule has 124 valence electrons. The van der Waals surface area contributed by atoms with Gasteiger partial charge in [0.25, 0.3) is 0 Å². The molecule has 1 N–H and O–H groups in total. The summed E-state index contributed by atoms with van der Waals surface area (Å²) in [4.78, 5) is 16.5. The summed E-state index contributed by atoms with van der Waals surface area (Å²) >= 11 is 1.65. The van der Waals surface area contributed by atoms with Crippen LogP contribution in [0, 0.1) is 6.92 Å². The van der Waals surface area contributed by atoms with E-state index in [4.69, 9.17) is 4.74 Å². The number of aromatic amines is 1. The molecule has 0 bridgehead atoms. The average Bonchev–Trinajstić information content (AvgIpc) is 3.17. The van der Waals surface area contributed by atoms with Gasteiger partial charge in [-0.1, -0.05) is 24.3 Å². The largest absolute Gasteiger partial charge is 0.497 e. The second-order valence-electron chi connectivity index (χ2n) is 5.95. The first-order chi connectivity index (χ1) is 12.2. The molecule has 4 heteroatoms. The molecule has 0 radical (unpaired) electrons. The normalized spacial score (nSPS) is 11.0. The van der Waals surface area contributed by atoms with Crippen LogP contribution in [0.2, 0.25) is 0 Å². The van der Waals surface area contributed by atoms with Gasteiger partial charge in [-0.3, -0.25) is 4.79 Å². The minimum atomic E-state index is 0.0495. The molecular formula is C21H17NO2S. The number of hydrogen-bond donors (Lipinski definition) is 1. The van der Waals surface area contributed by atoms with E-state index in [2.05, 4.69) is 22.5 Å². The number of nitrogens with one attached hydrogen (secondary N) is 1. The fourth-order valence-corrected chi connectivity index (χ4v) is 3.79. The van der Waals surface area contributed by atoms with E-state index >= 15 is 0 Å². The molecule has 0 amide bonds. The number of hydrogen-bond acceptors (Lipinski definition) is 3. The molecule has 0 unspecified atom stereocenters. The Hall–Kier alpha value is -2.85. The molecule has 0 aliphatic rings. The van der Waals surface area contributed by atoms with E-state index in [1.165, 1.54) is 0 Å². The van der Waals surface area contributed by atoms with Crippen molar-refractivity contribution < 1.29 is 4.74 Å². The lowest BCUT2D eigenvalue weighted by atomic mass is 9.97. The Morgan fingerprint density at radius 3 is 2.44 bits per heavy atom. The zero-order valence-electron chi connectivity index (χ0n) is 14.0. The van der Waals surface area contributed by atoms with Gasteiger partial charge >= 0.3 is 0 Å². The maximum absolute atomic E-state index is 13.2. The highest BCUT2D eigenvalue weighted by Gasteiger charge is 2.13. The van der Waals surface area contributed by atoms with Crippen LogP contribution in [0.4, 0.5) is 0 Å². The molecule has 0 saturated heterocycles. The van der Waals surface area contributed by atoms with Gasteiger partial charge < -0.3 is 9.72 Å². The number of fused-ring (bicyclic) bond motifs is 1. The molecule has 2 aromatic heterocycles. The fraction of sp³-hybridized carbons (Fsp3) is 0.0952. The van der Waals surface area contributed by atoms with Gasteiger partial charge in [-0.05, 0) is 52.6 Å². The van der Waals surface area contributed by atoms with Crippen molar-refractivity contribution in [2.24, 2.45) is 0 Å². The summed E-state index contributed by atoms with van der Waals surface area (Å²) in [6.45, 7) is 1.98. The Morgan fingerprint density at radius 2 is 1.76 bits per heavy atom. The molecule has 0 spiro atoms. The highest BCUT2D eigenvalue weighted by Crippen LogP contribution is 2.30. The van der Waals surface area contributed by atoms with Crippen molar-refractivity contribution in [3.63, 3.8) is 0 Å². The smallest absolute Gasteiger partial charge is 0.197 e. The second-order valence-corrected chi connectivity index (χ2v) is 6.73. The predicted octanol–water partition coefficient (Wildman–Crippen LogP) is 5.24. The Balaban J connectivity index is 1.96. The molecule has 4 aromatic rings. The van der Waals surface area contributed by atoms with Crippen LogP contribution in [0.25, 0.3) is 33.2 Å². The van der Waals surface area contributed by atoms with E-state index in [1.54, 1.807) is 18.4 Å². The highest BCUT2D eigenvalue weighted by atomic mass is 32.1. The molecule has 0 aliphatic carbocycles. The van der Waals surface area contributed by atoms with Crippen LogP contribution >= 0.6 is 11.3 Å². The first-order valence-electron chi connectivity index (χ1n) is 8.01. The topological polar surface area (TPSA) is 42.1 Å². The van der Waals surface area contributed by atoms with Crippen LogP contribution in [-0.2, 0) is 0 Å². The summed E-state index contributed by atoms with van der Waals surface area (Å²) in [7, 11) is 1.63. The van der Waals surface area contributed by atoms with Crippen LogP contribution in [-0.4, -0.2) is 12.1 Å². The third-order valence-electron chi connectivity index (χ3n) is 4.48. The van der Waals surface area contributed by atoms with E-state index in [0.717, 1.165) is 38.9 Å². The van der Waals surface area contributed by atoms with Gasteiger partial charge in [0.15, 0.2) is 5.43 Å². The van der Waals surface area contributed by atoms with Crippen molar-refractivity contribution >= 4 is 22.2 Å². The Kier molecular flexibility index (Phi) is 3.90. The average molecular weight is 347 g/mol. The van der Waals surface area contributed by atoms with Crippen molar-refractivity contribution in [1.82, 2.24) is 4.98 Å². The van der Waals surface area contributed by atoms with Gasteiger partial charge in [-0.25, -0.2) is 0 Å². The quantitative estimate of drug-likeness (QED) is 0.550.